The molecule has 0 atom stereocenters. The van der Waals surface area contributed by atoms with Crippen LogP contribution in [-0.4, -0.2) is 25.0 Å². The van der Waals surface area contributed by atoms with E-state index in [2.05, 4.69) is 0 Å². The summed E-state index contributed by atoms with van der Waals surface area (Å²) in [6.45, 7) is 3.76. The molecule has 0 spiro atoms. The second-order valence-electron chi connectivity index (χ2n) is 6.06. The second-order valence-corrected chi connectivity index (χ2v) is 6.06. The molecule has 0 N–H and O–H groups in total. The quantitative estimate of drug-likeness (QED) is 0.364. The van der Waals surface area contributed by atoms with E-state index in [1.807, 2.05) is 25.1 Å². The van der Waals surface area contributed by atoms with Crippen molar-refractivity contribution in [2.75, 3.05) is 13.2 Å². The van der Waals surface area contributed by atoms with E-state index in [9.17, 15) is 9.59 Å². The average Bonchev–Trinajstić information content (AvgIpc) is 3.00. The van der Waals surface area contributed by atoms with Crippen molar-refractivity contribution in [1.82, 2.24) is 0 Å². The van der Waals surface area contributed by atoms with Gasteiger partial charge in [0.1, 0.15) is 24.5 Å². The highest BCUT2D eigenvalue weighted by Gasteiger charge is 2.12. The number of hydrogen-bond acceptors (Lipinski definition) is 5. The summed E-state index contributed by atoms with van der Waals surface area (Å²) in [5, 5.41) is 0.916. The average molecular weight is 352 g/mol. The SMILES string of the molecule is CC(=O)c1ccccc1OCCOC(=O)Cc1coc2cc(C)ccc12. The van der Waals surface area contributed by atoms with Crippen molar-refractivity contribution in [2.45, 2.75) is 20.3 Å². The highest BCUT2D eigenvalue weighted by molar-refractivity contribution is 5.96. The van der Waals surface area contributed by atoms with Crippen molar-refractivity contribution in [3.05, 3.63) is 65.4 Å². The van der Waals surface area contributed by atoms with Crippen LogP contribution in [0.25, 0.3) is 11.0 Å². The van der Waals surface area contributed by atoms with Crippen LogP contribution in [0.3, 0.4) is 0 Å². The van der Waals surface area contributed by atoms with Gasteiger partial charge in [-0.05, 0) is 37.6 Å². The zero-order chi connectivity index (χ0) is 18.5. The summed E-state index contributed by atoms with van der Waals surface area (Å²) in [5.74, 6) is 0.0728. The number of carbonyl (C=O) groups excluding carboxylic acids is 2. The number of carbonyl (C=O) groups is 2. The minimum absolute atomic E-state index is 0.0698. The van der Waals surface area contributed by atoms with Gasteiger partial charge in [0.25, 0.3) is 0 Å². The molecule has 5 heteroatoms. The molecule has 0 saturated heterocycles. The van der Waals surface area contributed by atoms with Crippen LogP contribution in [0.1, 0.15) is 28.4 Å². The normalized spacial score (nSPS) is 10.7. The molecule has 26 heavy (non-hydrogen) atoms. The summed E-state index contributed by atoms with van der Waals surface area (Å²) in [7, 11) is 0. The number of fused-ring (bicyclic) bond motifs is 1. The molecular formula is C21H20O5. The Bertz CT molecular complexity index is 938. The van der Waals surface area contributed by atoms with Gasteiger partial charge < -0.3 is 13.9 Å². The van der Waals surface area contributed by atoms with Gasteiger partial charge in [0.05, 0.1) is 18.2 Å². The van der Waals surface area contributed by atoms with Crippen molar-refractivity contribution in [3.63, 3.8) is 0 Å². The number of furan rings is 1. The summed E-state index contributed by atoms with van der Waals surface area (Å²) in [4.78, 5) is 23.6. The number of ether oxygens (including phenoxy) is 2. The molecule has 0 fully saturated rings. The van der Waals surface area contributed by atoms with Crippen molar-refractivity contribution in [1.29, 1.82) is 0 Å². The number of Topliss-reactive ketones (excluding diaryl/α,β-unsaturated/α-hetero) is 1. The number of aryl methyl sites for hydroxylation is 1. The first kappa shape index (κ1) is 17.7. The first-order chi connectivity index (χ1) is 12.5. The first-order valence-corrected chi connectivity index (χ1v) is 8.39. The van der Waals surface area contributed by atoms with Gasteiger partial charge in [0.2, 0.25) is 0 Å². The fourth-order valence-corrected chi connectivity index (χ4v) is 2.72. The maximum Gasteiger partial charge on any atom is 0.310 e. The summed E-state index contributed by atoms with van der Waals surface area (Å²) in [6.07, 6.45) is 1.73. The maximum atomic E-state index is 12.0. The Kier molecular flexibility index (Phi) is 5.37. The standard InChI is InChI=1S/C21H20O5/c1-14-7-8-18-16(13-26-20(18)11-14)12-21(23)25-10-9-24-19-6-4-3-5-17(19)15(2)22/h3-8,11,13H,9-10,12H2,1-2H3. The van der Waals surface area contributed by atoms with E-state index in [4.69, 9.17) is 13.9 Å². The van der Waals surface area contributed by atoms with Gasteiger partial charge in [-0.3, -0.25) is 9.59 Å². The third-order valence-corrected chi connectivity index (χ3v) is 4.02. The van der Waals surface area contributed by atoms with Gasteiger partial charge in [-0.25, -0.2) is 0 Å². The molecule has 2 aromatic carbocycles. The van der Waals surface area contributed by atoms with Crippen molar-refractivity contribution < 1.29 is 23.5 Å². The molecule has 1 aromatic heterocycles. The van der Waals surface area contributed by atoms with Crippen LogP contribution in [0.15, 0.2) is 53.1 Å². The van der Waals surface area contributed by atoms with Crippen LogP contribution >= 0.6 is 0 Å². The molecule has 0 saturated carbocycles. The van der Waals surface area contributed by atoms with Crippen molar-refractivity contribution in [3.8, 4) is 5.75 Å². The van der Waals surface area contributed by atoms with Gasteiger partial charge in [-0.1, -0.05) is 24.3 Å². The number of benzene rings is 2. The predicted molar refractivity (Wildman–Crippen MR) is 97.6 cm³/mol. The van der Waals surface area contributed by atoms with Crippen molar-refractivity contribution >= 4 is 22.7 Å². The van der Waals surface area contributed by atoms with E-state index in [0.717, 1.165) is 22.1 Å². The van der Waals surface area contributed by atoms with Gasteiger partial charge in [0.15, 0.2) is 5.78 Å². The lowest BCUT2D eigenvalue weighted by Crippen LogP contribution is -2.14. The molecule has 0 aliphatic carbocycles. The van der Waals surface area contributed by atoms with Gasteiger partial charge in [0, 0.05) is 10.9 Å². The van der Waals surface area contributed by atoms with E-state index in [1.54, 1.807) is 30.5 Å². The molecule has 0 amide bonds. The third-order valence-electron chi connectivity index (χ3n) is 4.02. The van der Waals surface area contributed by atoms with Gasteiger partial charge in [-0.2, -0.15) is 0 Å². The van der Waals surface area contributed by atoms with E-state index in [1.165, 1.54) is 6.92 Å². The van der Waals surface area contributed by atoms with Gasteiger partial charge >= 0.3 is 5.97 Å². The molecule has 0 unspecified atom stereocenters. The number of para-hydroxylation sites is 1. The molecule has 3 aromatic rings. The van der Waals surface area contributed by atoms with Crippen LogP contribution in [0.5, 0.6) is 5.75 Å². The molecular weight excluding hydrogens is 332 g/mol. The lowest BCUT2D eigenvalue weighted by molar-refractivity contribution is -0.143. The number of rotatable bonds is 7. The fourth-order valence-electron chi connectivity index (χ4n) is 2.72. The largest absolute Gasteiger partial charge is 0.489 e. The maximum absolute atomic E-state index is 12.0. The summed E-state index contributed by atoms with van der Waals surface area (Å²) < 4.78 is 16.3. The minimum atomic E-state index is -0.350. The lowest BCUT2D eigenvalue weighted by atomic mass is 10.1. The molecule has 0 radical (unpaired) electrons. The Balaban J connectivity index is 1.51. The van der Waals surface area contributed by atoms with Crippen LogP contribution in [0.4, 0.5) is 0 Å². The monoisotopic (exact) mass is 352 g/mol. The summed E-state index contributed by atoms with van der Waals surface area (Å²) in [5.41, 5.74) is 3.17. The number of ketones is 1. The van der Waals surface area contributed by atoms with E-state index in [-0.39, 0.29) is 31.4 Å². The zero-order valence-corrected chi connectivity index (χ0v) is 14.8. The smallest absolute Gasteiger partial charge is 0.310 e. The third kappa shape index (κ3) is 4.11. The summed E-state index contributed by atoms with van der Waals surface area (Å²) in [6, 6.07) is 12.9. The molecule has 3 rings (SSSR count). The Labute approximate surface area is 151 Å². The minimum Gasteiger partial charge on any atom is -0.489 e. The Hall–Kier alpha value is -3.08. The van der Waals surface area contributed by atoms with Crippen molar-refractivity contribution in [2.24, 2.45) is 0 Å². The highest BCUT2D eigenvalue weighted by Crippen LogP contribution is 2.23. The molecule has 5 nitrogen and oxygen atoms in total. The van der Waals surface area contributed by atoms with E-state index < -0.39 is 0 Å². The topological polar surface area (TPSA) is 65.7 Å². The fraction of sp³-hybridized carbons (Fsp3) is 0.238. The van der Waals surface area contributed by atoms with Crippen LogP contribution in [-0.2, 0) is 16.0 Å². The Morgan fingerprint density at radius 1 is 1.08 bits per heavy atom. The summed E-state index contributed by atoms with van der Waals surface area (Å²) >= 11 is 0. The molecule has 1 heterocycles. The van der Waals surface area contributed by atoms with Crippen LogP contribution in [0, 0.1) is 6.92 Å². The molecule has 0 aliphatic heterocycles. The Morgan fingerprint density at radius 2 is 1.88 bits per heavy atom. The first-order valence-electron chi connectivity index (χ1n) is 8.39. The Morgan fingerprint density at radius 3 is 2.69 bits per heavy atom. The second kappa shape index (κ2) is 7.87. The molecule has 134 valence electrons. The van der Waals surface area contributed by atoms with Crippen LogP contribution < -0.4 is 4.74 Å². The van der Waals surface area contributed by atoms with E-state index >= 15 is 0 Å². The zero-order valence-electron chi connectivity index (χ0n) is 14.8. The highest BCUT2D eigenvalue weighted by atomic mass is 16.6. The number of hydrogen-bond donors (Lipinski definition) is 0. The lowest BCUT2D eigenvalue weighted by Gasteiger charge is -2.10. The number of esters is 1. The predicted octanol–water partition coefficient (Wildman–Crippen LogP) is 4.11. The van der Waals surface area contributed by atoms with E-state index in [0.29, 0.717) is 11.3 Å². The van der Waals surface area contributed by atoms with Crippen LogP contribution in [0.2, 0.25) is 0 Å². The molecule has 0 bridgehead atoms. The molecule has 0 aliphatic rings. The van der Waals surface area contributed by atoms with Gasteiger partial charge in [-0.15, -0.1) is 0 Å².